The number of nitro benzene ring substituents is 1. The smallest absolute Gasteiger partial charge is 0.269 e. The number of benzene rings is 2. The molecule has 0 heterocycles. The first-order chi connectivity index (χ1) is 12.8. The standard InChI is InChI=1S/C17H16N4O6/c22-14-6-1-11(15(23)9-14)10-18-20-17(25)8-7-16(24)19-12-2-4-13(5-3-12)21(26)27/h1-6,9-10,22-23H,7-8H2,(H,19,24)(H,20,25)/b18-10-. The van der Waals surface area contributed by atoms with E-state index < -0.39 is 16.7 Å². The van der Waals surface area contributed by atoms with Crippen LogP contribution in [0, 0.1) is 10.1 Å². The molecule has 0 bridgehead atoms. The molecule has 0 radical (unpaired) electrons. The first-order valence-electron chi connectivity index (χ1n) is 7.73. The maximum absolute atomic E-state index is 11.8. The molecule has 0 saturated carbocycles. The molecule has 2 aromatic carbocycles. The van der Waals surface area contributed by atoms with Gasteiger partial charge in [-0.2, -0.15) is 5.10 Å². The minimum atomic E-state index is -0.547. The highest BCUT2D eigenvalue weighted by Gasteiger charge is 2.09. The van der Waals surface area contributed by atoms with Gasteiger partial charge in [-0.1, -0.05) is 0 Å². The second-order valence-electron chi connectivity index (χ2n) is 5.39. The van der Waals surface area contributed by atoms with Crippen LogP contribution < -0.4 is 10.7 Å². The lowest BCUT2D eigenvalue weighted by Crippen LogP contribution is -2.20. The van der Waals surface area contributed by atoms with Crippen LogP contribution in [0.1, 0.15) is 18.4 Å². The quantitative estimate of drug-likeness (QED) is 0.330. The van der Waals surface area contributed by atoms with Gasteiger partial charge in [-0.25, -0.2) is 5.43 Å². The average molecular weight is 372 g/mol. The van der Waals surface area contributed by atoms with Gasteiger partial charge in [0.1, 0.15) is 11.5 Å². The van der Waals surface area contributed by atoms with E-state index in [0.29, 0.717) is 11.3 Å². The third kappa shape index (κ3) is 6.12. The average Bonchev–Trinajstić information content (AvgIpc) is 2.62. The highest BCUT2D eigenvalue weighted by Crippen LogP contribution is 2.20. The minimum absolute atomic E-state index is 0.0927. The van der Waals surface area contributed by atoms with Crippen LogP contribution in [0.15, 0.2) is 47.6 Å². The summed E-state index contributed by atoms with van der Waals surface area (Å²) in [5, 5.41) is 35.5. The fourth-order valence-corrected chi connectivity index (χ4v) is 1.99. The minimum Gasteiger partial charge on any atom is -0.508 e. The Morgan fingerprint density at radius 1 is 1.07 bits per heavy atom. The summed E-state index contributed by atoms with van der Waals surface area (Å²) < 4.78 is 0. The van der Waals surface area contributed by atoms with Crippen LogP contribution >= 0.6 is 0 Å². The molecule has 2 amide bonds. The molecule has 10 heteroatoms. The third-order valence-corrected chi connectivity index (χ3v) is 3.35. The van der Waals surface area contributed by atoms with Crippen molar-refractivity contribution in [2.24, 2.45) is 5.10 Å². The van der Waals surface area contributed by atoms with Gasteiger partial charge in [0.05, 0.1) is 11.1 Å². The summed E-state index contributed by atoms with van der Waals surface area (Å²) in [4.78, 5) is 33.5. The van der Waals surface area contributed by atoms with Crippen molar-refractivity contribution in [2.75, 3.05) is 5.32 Å². The zero-order chi connectivity index (χ0) is 19.8. The first-order valence-corrected chi connectivity index (χ1v) is 7.73. The molecule has 27 heavy (non-hydrogen) atoms. The molecular weight excluding hydrogens is 356 g/mol. The number of rotatable bonds is 7. The number of phenolic OH excluding ortho intramolecular Hbond substituents is 2. The largest absolute Gasteiger partial charge is 0.508 e. The Kier molecular flexibility index (Phi) is 6.42. The molecule has 0 atom stereocenters. The summed E-state index contributed by atoms with van der Waals surface area (Å²) in [6, 6.07) is 9.20. The molecule has 2 rings (SSSR count). The molecule has 0 fully saturated rings. The van der Waals surface area contributed by atoms with E-state index in [1.54, 1.807) is 0 Å². The van der Waals surface area contributed by atoms with Crippen LogP contribution in [0.3, 0.4) is 0 Å². The van der Waals surface area contributed by atoms with Crippen LogP contribution in [0.25, 0.3) is 0 Å². The number of anilines is 1. The van der Waals surface area contributed by atoms with Crippen molar-refractivity contribution in [3.63, 3.8) is 0 Å². The number of hydrazone groups is 1. The molecule has 10 nitrogen and oxygen atoms in total. The maximum Gasteiger partial charge on any atom is 0.269 e. The van der Waals surface area contributed by atoms with Crippen molar-refractivity contribution in [3.05, 3.63) is 58.1 Å². The highest BCUT2D eigenvalue weighted by atomic mass is 16.6. The molecule has 0 aliphatic heterocycles. The monoisotopic (exact) mass is 372 g/mol. The van der Waals surface area contributed by atoms with E-state index in [-0.39, 0.29) is 30.0 Å². The summed E-state index contributed by atoms with van der Waals surface area (Å²) >= 11 is 0. The number of aromatic hydroxyl groups is 2. The number of phenols is 2. The number of hydrogen-bond acceptors (Lipinski definition) is 7. The number of nitro groups is 1. The lowest BCUT2D eigenvalue weighted by atomic mass is 10.2. The molecule has 0 unspecified atom stereocenters. The Hall–Kier alpha value is -3.95. The van der Waals surface area contributed by atoms with Crippen LogP contribution in [0.2, 0.25) is 0 Å². The Labute approximate surface area is 153 Å². The fourth-order valence-electron chi connectivity index (χ4n) is 1.99. The summed E-state index contributed by atoms with van der Waals surface area (Å²) in [6.45, 7) is 0. The van der Waals surface area contributed by atoms with Gasteiger partial charge in [-0.05, 0) is 24.3 Å². The summed E-state index contributed by atoms with van der Waals surface area (Å²) in [5.74, 6) is -1.24. The van der Waals surface area contributed by atoms with Crippen molar-refractivity contribution in [1.29, 1.82) is 0 Å². The number of nitrogens with zero attached hydrogens (tertiary/aromatic N) is 2. The first kappa shape index (κ1) is 19.4. The van der Waals surface area contributed by atoms with E-state index in [9.17, 15) is 29.9 Å². The Morgan fingerprint density at radius 2 is 1.74 bits per heavy atom. The molecule has 0 aliphatic carbocycles. The van der Waals surface area contributed by atoms with Crippen molar-refractivity contribution in [1.82, 2.24) is 5.43 Å². The summed E-state index contributed by atoms with van der Waals surface area (Å²) in [6.07, 6.45) is 0.962. The Morgan fingerprint density at radius 3 is 2.37 bits per heavy atom. The lowest BCUT2D eigenvalue weighted by molar-refractivity contribution is -0.384. The zero-order valence-electron chi connectivity index (χ0n) is 14.0. The van der Waals surface area contributed by atoms with Gasteiger partial charge < -0.3 is 15.5 Å². The predicted molar refractivity (Wildman–Crippen MR) is 96.5 cm³/mol. The van der Waals surface area contributed by atoms with Crippen molar-refractivity contribution < 1.29 is 24.7 Å². The molecule has 4 N–H and O–H groups in total. The Balaban J connectivity index is 1.76. The second-order valence-corrected chi connectivity index (χ2v) is 5.39. The molecule has 0 aromatic heterocycles. The number of non-ortho nitro benzene ring substituents is 1. The van der Waals surface area contributed by atoms with E-state index in [1.165, 1.54) is 42.6 Å². The van der Waals surface area contributed by atoms with Crippen molar-refractivity contribution in [3.8, 4) is 11.5 Å². The number of hydrogen-bond donors (Lipinski definition) is 4. The van der Waals surface area contributed by atoms with E-state index in [2.05, 4.69) is 15.8 Å². The van der Waals surface area contributed by atoms with Crippen molar-refractivity contribution in [2.45, 2.75) is 12.8 Å². The van der Waals surface area contributed by atoms with Crippen molar-refractivity contribution >= 4 is 29.4 Å². The molecule has 0 aliphatic rings. The van der Waals surface area contributed by atoms with E-state index in [4.69, 9.17) is 0 Å². The van der Waals surface area contributed by atoms with Crippen LogP contribution in [0.4, 0.5) is 11.4 Å². The maximum atomic E-state index is 11.8. The van der Waals surface area contributed by atoms with Gasteiger partial charge in [-0.15, -0.1) is 0 Å². The summed E-state index contributed by atoms with van der Waals surface area (Å²) in [5.41, 5.74) is 2.80. The van der Waals surface area contributed by atoms with Gasteiger partial charge in [-0.3, -0.25) is 19.7 Å². The van der Waals surface area contributed by atoms with Gasteiger partial charge in [0.25, 0.3) is 5.69 Å². The van der Waals surface area contributed by atoms with E-state index in [1.807, 2.05) is 0 Å². The van der Waals surface area contributed by atoms with E-state index in [0.717, 1.165) is 6.07 Å². The third-order valence-electron chi connectivity index (χ3n) is 3.35. The predicted octanol–water partition coefficient (Wildman–Crippen LogP) is 1.87. The number of carbonyl (C=O) groups is 2. The van der Waals surface area contributed by atoms with Crippen LogP contribution in [-0.4, -0.2) is 33.2 Å². The molecule has 140 valence electrons. The lowest BCUT2D eigenvalue weighted by Gasteiger charge is -2.04. The summed E-state index contributed by atoms with van der Waals surface area (Å²) in [7, 11) is 0. The van der Waals surface area contributed by atoms with Crippen LogP contribution in [-0.2, 0) is 9.59 Å². The topological polar surface area (TPSA) is 154 Å². The number of nitrogens with one attached hydrogen (secondary N) is 2. The van der Waals surface area contributed by atoms with Gasteiger partial charge >= 0.3 is 0 Å². The molecular formula is C17H16N4O6. The van der Waals surface area contributed by atoms with Gasteiger partial charge in [0, 0.05) is 42.3 Å². The molecule has 0 spiro atoms. The van der Waals surface area contributed by atoms with Gasteiger partial charge in [0.15, 0.2) is 0 Å². The zero-order valence-corrected chi connectivity index (χ0v) is 14.0. The Bertz CT molecular complexity index is 879. The number of carbonyl (C=O) groups excluding carboxylic acids is 2. The highest BCUT2D eigenvalue weighted by molar-refractivity contribution is 5.93. The van der Waals surface area contributed by atoms with Gasteiger partial charge in [0.2, 0.25) is 11.8 Å². The van der Waals surface area contributed by atoms with Crippen LogP contribution in [0.5, 0.6) is 11.5 Å². The second kappa shape index (κ2) is 8.94. The SMILES string of the molecule is O=C(CCC(=O)Nc1ccc([N+](=O)[O-])cc1)N/N=C\c1ccc(O)cc1O. The normalized spacial score (nSPS) is 10.5. The van der Waals surface area contributed by atoms with E-state index >= 15 is 0 Å². The number of amides is 2. The molecule has 2 aromatic rings. The molecule has 0 saturated heterocycles. The fraction of sp³-hybridized carbons (Fsp3) is 0.118.